The van der Waals surface area contributed by atoms with Crippen molar-refractivity contribution in [1.82, 2.24) is 10.3 Å². The van der Waals surface area contributed by atoms with Crippen LogP contribution >= 0.6 is 15.9 Å². The van der Waals surface area contributed by atoms with Gasteiger partial charge < -0.3 is 5.32 Å². The molecule has 0 aromatic carbocycles. The van der Waals surface area contributed by atoms with E-state index in [2.05, 4.69) is 45.4 Å². The van der Waals surface area contributed by atoms with E-state index in [9.17, 15) is 0 Å². The topological polar surface area (TPSA) is 24.9 Å². The smallest absolute Gasteiger partial charge is 0.0420 e. The highest BCUT2D eigenvalue weighted by Gasteiger charge is 2.22. The molecular weight excluding hydrogens is 276 g/mol. The fourth-order valence-electron chi connectivity index (χ4n) is 2.79. The Labute approximate surface area is 112 Å². The molecule has 17 heavy (non-hydrogen) atoms. The zero-order valence-corrected chi connectivity index (χ0v) is 12.0. The Morgan fingerprint density at radius 1 is 1.35 bits per heavy atom. The minimum atomic E-state index is 0.587. The molecule has 1 aliphatic rings. The molecular formula is C14H21BrN2. The van der Waals surface area contributed by atoms with Crippen LogP contribution in [0.1, 0.15) is 37.8 Å². The highest BCUT2D eigenvalue weighted by Crippen LogP contribution is 2.27. The SMILES string of the molecule is CNC(Cc1ccc(Br)cn1)C1CCCCC1. The maximum atomic E-state index is 4.47. The average Bonchev–Trinajstić information content (AvgIpc) is 2.39. The number of nitrogens with one attached hydrogen (secondary N) is 1. The third-order valence-corrected chi connectivity index (χ3v) is 4.28. The number of hydrogen-bond acceptors (Lipinski definition) is 2. The molecule has 1 aliphatic carbocycles. The molecule has 1 fully saturated rings. The van der Waals surface area contributed by atoms with Crippen LogP contribution < -0.4 is 5.32 Å². The van der Waals surface area contributed by atoms with Gasteiger partial charge in [-0.2, -0.15) is 0 Å². The van der Waals surface area contributed by atoms with Gasteiger partial charge in [0.1, 0.15) is 0 Å². The quantitative estimate of drug-likeness (QED) is 0.919. The van der Waals surface area contributed by atoms with E-state index in [0.29, 0.717) is 6.04 Å². The van der Waals surface area contributed by atoms with Crippen molar-refractivity contribution in [2.24, 2.45) is 5.92 Å². The molecule has 1 aromatic heterocycles. The lowest BCUT2D eigenvalue weighted by Gasteiger charge is -2.29. The standard InChI is InChI=1S/C14H21BrN2/c1-16-14(11-5-3-2-4-6-11)9-13-8-7-12(15)10-17-13/h7-8,10-11,14,16H,2-6,9H2,1H3. The van der Waals surface area contributed by atoms with Gasteiger partial charge in [0, 0.05) is 28.8 Å². The lowest BCUT2D eigenvalue weighted by Crippen LogP contribution is -2.36. The molecule has 0 spiro atoms. The van der Waals surface area contributed by atoms with Gasteiger partial charge in [0.25, 0.3) is 0 Å². The lowest BCUT2D eigenvalue weighted by atomic mass is 9.82. The van der Waals surface area contributed by atoms with Crippen molar-refractivity contribution in [3.8, 4) is 0 Å². The van der Waals surface area contributed by atoms with Crippen molar-refractivity contribution in [2.75, 3.05) is 7.05 Å². The van der Waals surface area contributed by atoms with E-state index in [1.807, 2.05) is 6.20 Å². The average molecular weight is 297 g/mol. The number of pyridine rings is 1. The van der Waals surface area contributed by atoms with Gasteiger partial charge >= 0.3 is 0 Å². The molecule has 0 saturated heterocycles. The molecule has 1 aromatic rings. The molecule has 1 heterocycles. The summed E-state index contributed by atoms with van der Waals surface area (Å²) < 4.78 is 1.06. The molecule has 2 nitrogen and oxygen atoms in total. The number of rotatable bonds is 4. The Hall–Kier alpha value is -0.410. The van der Waals surface area contributed by atoms with Crippen molar-refractivity contribution in [2.45, 2.75) is 44.6 Å². The maximum absolute atomic E-state index is 4.47. The van der Waals surface area contributed by atoms with Gasteiger partial charge in [0.2, 0.25) is 0 Å². The zero-order valence-electron chi connectivity index (χ0n) is 10.5. The Morgan fingerprint density at radius 3 is 2.71 bits per heavy atom. The maximum Gasteiger partial charge on any atom is 0.0420 e. The first-order valence-corrected chi connectivity index (χ1v) is 7.36. The molecule has 0 radical (unpaired) electrons. The van der Waals surface area contributed by atoms with Crippen molar-refractivity contribution < 1.29 is 0 Å². The normalized spacial score (nSPS) is 19.2. The van der Waals surface area contributed by atoms with Crippen LogP contribution in [0, 0.1) is 5.92 Å². The molecule has 2 rings (SSSR count). The van der Waals surface area contributed by atoms with Crippen molar-refractivity contribution in [1.29, 1.82) is 0 Å². The fraction of sp³-hybridized carbons (Fsp3) is 0.643. The van der Waals surface area contributed by atoms with E-state index in [0.717, 1.165) is 16.8 Å². The summed E-state index contributed by atoms with van der Waals surface area (Å²) in [5, 5.41) is 3.48. The van der Waals surface area contributed by atoms with Gasteiger partial charge in [0.15, 0.2) is 0 Å². The van der Waals surface area contributed by atoms with E-state index in [-0.39, 0.29) is 0 Å². The van der Waals surface area contributed by atoms with E-state index in [1.54, 1.807) is 0 Å². The van der Waals surface area contributed by atoms with Crippen LogP contribution in [0.4, 0.5) is 0 Å². The Kier molecular flexibility index (Phi) is 4.99. The largest absolute Gasteiger partial charge is 0.316 e. The highest BCUT2D eigenvalue weighted by atomic mass is 79.9. The summed E-state index contributed by atoms with van der Waals surface area (Å²) in [5.74, 6) is 0.833. The summed E-state index contributed by atoms with van der Waals surface area (Å²) in [6.07, 6.45) is 9.91. The third kappa shape index (κ3) is 3.78. The first kappa shape index (κ1) is 13.0. The van der Waals surface area contributed by atoms with Gasteiger partial charge in [-0.05, 0) is 53.9 Å². The molecule has 1 saturated carbocycles. The van der Waals surface area contributed by atoms with Crippen molar-refractivity contribution >= 4 is 15.9 Å². The van der Waals surface area contributed by atoms with Gasteiger partial charge in [-0.25, -0.2) is 0 Å². The van der Waals surface area contributed by atoms with Crippen LogP contribution in [0.5, 0.6) is 0 Å². The highest BCUT2D eigenvalue weighted by molar-refractivity contribution is 9.10. The van der Waals surface area contributed by atoms with Crippen LogP contribution in [0.3, 0.4) is 0 Å². The number of hydrogen-bond donors (Lipinski definition) is 1. The lowest BCUT2D eigenvalue weighted by molar-refractivity contribution is 0.275. The molecule has 0 amide bonds. The summed E-state index contributed by atoms with van der Waals surface area (Å²) in [6.45, 7) is 0. The van der Waals surface area contributed by atoms with E-state index in [4.69, 9.17) is 0 Å². The molecule has 3 heteroatoms. The van der Waals surface area contributed by atoms with Gasteiger partial charge in [-0.15, -0.1) is 0 Å². The first-order chi connectivity index (χ1) is 8.29. The van der Waals surface area contributed by atoms with Crippen molar-refractivity contribution in [3.63, 3.8) is 0 Å². The summed E-state index contributed by atoms with van der Waals surface area (Å²) in [5.41, 5.74) is 1.19. The summed E-state index contributed by atoms with van der Waals surface area (Å²) >= 11 is 3.43. The molecule has 94 valence electrons. The van der Waals surface area contributed by atoms with Crippen LogP contribution in [-0.4, -0.2) is 18.1 Å². The molecule has 0 bridgehead atoms. The van der Waals surface area contributed by atoms with E-state index in [1.165, 1.54) is 37.8 Å². The second-order valence-corrected chi connectivity index (χ2v) is 5.88. The zero-order chi connectivity index (χ0) is 12.1. The molecule has 1 atom stereocenters. The van der Waals surface area contributed by atoms with E-state index < -0.39 is 0 Å². The number of nitrogens with zero attached hydrogens (tertiary/aromatic N) is 1. The Balaban J connectivity index is 1.96. The van der Waals surface area contributed by atoms with Crippen LogP contribution in [-0.2, 0) is 6.42 Å². The molecule has 1 unspecified atom stereocenters. The number of aromatic nitrogens is 1. The second kappa shape index (κ2) is 6.50. The summed E-state index contributed by atoms with van der Waals surface area (Å²) in [6, 6.07) is 4.79. The van der Waals surface area contributed by atoms with E-state index >= 15 is 0 Å². The minimum Gasteiger partial charge on any atom is -0.316 e. The Morgan fingerprint density at radius 2 is 2.12 bits per heavy atom. The van der Waals surface area contributed by atoms with Crippen molar-refractivity contribution in [3.05, 3.63) is 28.5 Å². The summed E-state index contributed by atoms with van der Waals surface area (Å²) in [4.78, 5) is 4.47. The second-order valence-electron chi connectivity index (χ2n) is 4.97. The number of likely N-dealkylation sites (N-methyl/N-ethyl adjacent to an activating group) is 1. The third-order valence-electron chi connectivity index (χ3n) is 3.81. The monoisotopic (exact) mass is 296 g/mol. The van der Waals surface area contributed by atoms with Crippen LogP contribution in [0.15, 0.2) is 22.8 Å². The van der Waals surface area contributed by atoms with Gasteiger partial charge in [-0.3, -0.25) is 4.98 Å². The predicted octanol–water partition coefficient (Wildman–Crippen LogP) is 3.55. The minimum absolute atomic E-state index is 0.587. The Bertz CT molecular complexity index is 331. The van der Waals surface area contributed by atoms with Crippen LogP contribution in [0.25, 0.3) is 0 Å². The van der Waals surface area contributed by atoms with Gasteiger partial charge in [-0.1, -0.05) is 19.3 Å². The van der Waals surface area contributed by atoms with Crippen LogP contribution in [0.2, 0.25) is 0 Å². The fourth-order valence-corrected chi connectivity index (χ4v) is 3.03. The van der Waals surface area contributed by atoms with Gasteiger partial charge in [0.05, 0.1) is 0 Å². The molecule has 1 N–H and O–H groups in total. The molecule has 0 aliphatic heterocycles. The predicted molar refractivity (Wildman–Crippen MR) is 75.1 cm³/mol. The summed E-state index contributed by atoms with van der Waals surface area (Å²) in [7, 11) is 2.08. The number of halogens is 1. The first-order valence-electron chi connectivity index (χ1n) is 6.57.